The van der Waals surface area contributed by atoms with Crippen molar-refractivity contribution in [3.8, 4) is 0 Å². The molecule has 1 aliphatic rings. The van der Waals surface area contributed by atoms with Gasteiger partial charge in [0.15, 0.2) is 11.6 Å². The largest absolute Gasteiger partial charge is 0.393 e. The van der Waals surface area contributed by atoms with E-state index >= 15 is 0 Å². The first-order chi connectivity index (χ1) is 9.84. The van der Waals surface area contributed by atoms with E-state index in [-0.39, 0.29) is 0 Å². The Morgan fingerprint density at radius 1 is 1.05 bits per heavy atom. The molecular formula is C14H18N6. The van der Waals surface area contributed by atoms with Crippen molar-refractivity contribution in [2.24, 2.45) is 0 Å². The van der Waals surface area contributed by atoms with Crippen LogP contribution in [0, 0.1) is 0 Å². The molecule has 3 N–H and O–H groups in total. The second-order valence-corrected chi connectivity index (χ2v) is 4.87. The molecule has 1 aliphatic heterocycles. The van der Waals surface area contributed by atoms with Crippen LogP contribution in [0.15, 0.2) is 30.9 Å². The van der Waals surface area contributed by atoms with E-state index in [2.05, 4.69) is 25.2 Å². The van der Waals surface area contributed by atoms with Gasteiger partial charge in [0, 0.05) is 31.2 Å². The predicted octanol–water partition coefficient (Wildman–Crippen LogP) is 2.19. The number of rotatable bonds is 3. The van der Waals surface area contributed by atoms with Gasteiger partial charge in [0.05, 0.1) is 0 Å². The van der Waals surface area contributed by atoms with Crippen molar-refractivity contribution in [3.05, 3.63) is 30.9 Å². The van der Waals surface area contributed by atoms with Crippen LogP contribution in [0.2, 0.25) is 0 Å². The first-order valence-electron chi connectivity index (χ1n) is 6.87. The summed E-state index contributed by atoms with van der Waals surface area (Å²) in [5.74, 6) is 1.48. The highest BCUT2D eigenvalue weighted by Gasteiger charge is 2.17. The van der Waals surface area contributed by atoms with Gasteiger partial charge in [-0.15, -0.1) is 0 Å². The molecule has 0 saturated carbocycles. The van der Waals surface area contributed by atoms with Crippen molar-refractivity contribution in [2.45, 2.75) is 19.3 Å². The zero-order valence-electron chi connectivity index (χ0n) is 11.3. The van der Waals surface area contributed by atoms with E-state index in [1.807, 2.05) is 12.1 Å². The van der Waals surface area contributed by atoms with Gasteiger partial charge in [-0.25, -0.2) is 9.97 Å². The molecule has 2 aromatic heterocycles. The first-order valence-corrected chi connectivity index (χ1v) is 6.87. The van der Waals surface area contributed by atoms with Gasteiger partial charge in [-0.3, -0.25) is 4.98 Å². The Labute approximate surface area is 118 Å². The molecule has 0 bridgehead atoms. The third-order valence-corrected chi connectivity index (χ3v) is 3.46. The van der Waals surface area contributed by atoms with E-state index in [1.165, 1.54) is 19.3 Å². The van der Waals surface area contributed by atoms with Gasteiger partial charge in [0.25, 0.3) is 0 Å². The molecule has 0 amide bonds. The van der Waals surface area contributed by atoms with E-state index in [0.29, 0.717) is 11.5 Å². The summed E-state index contributed by atoms with van der Waals surface area (Å²) in [6, 6.07) is 3.75. The summed E-state index contributed by atoms with van der Waals surface area (Å²) in [6.45, 7) is 2.02. The molecule has 3 rings (SSSR count). The third kappa shape index (κ3) is 2.64. The summed E-state index contributed by atoms with van der Waals surface area (Å²) in [5, 5.41) is 3.21. The Bertz CT molecular complexity index is 565. The SMILES string of the molecule is Nc1c(Nc2ccncc2)ncnc1N1CCCCC1. The Kier molecular flexibility index (Phi) is 3.62. The monoisotopic (exact) mass is 270 g/mol. The molecule has 0 radical (unpaired) electrons. The van der Waals surface area contributed by atoms with Crippen LogP contribution in [0.5, 0.6) is 0 Å². The summed E-state index contributed by atoms with van der Waals surface area (Å²) < 4.78 is 0. The number of piperidine rings is 1. The van der Waals surface area contributed by atoms with Crippen molar-refractivity contribution in [2.75, 3.05) is 29.0 Å². The molecule has 6 heteroatoms. The fourth-order valence-corrected chi connectivity index (χ4v) is 2.42. The molecule has 0 aliphatic carbocycles. The second kappa shape index (κ2) is 5.73. The number of hydrogen-bond acceptors (Lipinski definition) is 6. The molecule has 1 saturated heterocycles. The Hall–Kier alpha value is -2.37. The van der Waals surface area contributed by atoms with E-state index in [4.69, 9.17) is 5.73 Å². The Morgan fingerprint density at radius 3 is 2.55 bits per heavy atom. The van der Waals surface area contributed by atoms with Crippen LogP contribution in [-0.2, 0) is 0 Å². The van der Waals surface area contributed by atoms with Crippen molar-refractivity contribution in [1.29, 1.82) is 0 Å². The van der Waals surface area contributed by atoms with E-state index in [9.17, 15) is 0 Å². The highest BCUT2D eigenvalue weighted by molar-refractivity contribution is 5.78. The van der Waals surface area contributed by atoms with Crippen molar-refractivity contribution < 1.29 is 0 Å². The topological polar surface area (TPSA) is 80.0 Å². The molecule has 104 valence electrons. The maximum atomic E-state index is 6.22. The predicted molar refractivity (Wildman–Crippen MR) is 80.0 cm³/mol. The van der Waals surface area contributed by atoms with Gasteiger partial charge in [-0.1, -0.05) is 0 Å². The minimum atomic E-state index is 0.603. The van der Waals surface area contributed by atoms with Gasteiger partial charge >= 0.3 is 0 Å². The highest BCUT2D eigenvalue weighted by atomic mass is 15.2. The molecule has 20 heavy (non-hydrogen) atoms. The lowest BCUT2D eigenvalue weighted by Gasteiger charge is -2.28. The molecule has 1 fully saturated rings. The van der Waals surface area contributed by atoms with Gasteiger partial charge in [0.2, 0.25) is 0 Å². The highest BCUT2D eigenvalue weighted by Crippen LogP contribution is 2.29. The molecular weight excluding hydrogens is 252 g/mol. The molecule has 0 unspecified atom stereocenters. The molecule has 0 aromatic carbocycles. The smallest absolute Gasteiger partial charge is 0.159 e. The van der Waals surface area contributed by atoms with Gasteiger partial charge in [-0.2, -0.15) is 0 Å². The van der Waals surface area contributed by atoms with Gasteiger partial charge < -0.3 is 16.0 Å². The van der Waals surface area contributed by atoms with Crippen LogP contribution in [0.3, 0.4) is 0 Å². The molecule has 0 atom stereocenters. The lowest BCUT2D eigenvalue weighted by molar-refractivity contribution is 0.574. The van der Waals surface area contributed by atoms with Crippen LogP contribution in [0.25, 0.3) is 0 Å². The van der Waals surface area contributed by atoms with Crippen LogP contribution in [0.1, 0.15) is 19.3 Å². The average molecular weight is 270 g/mol. The lowest BCUT2D eigenvalue weighted by atomic mass is 10.1. The standard InChI is InChI=1S/C14H18N6/c15-12-13(19-11-4-6-16-7-5-11)17-10-18-14(12)20-8-2-1-3-9-20/h4-7,10H,1-3,8-9,15H2,(H,16,17,18,19). The zero-order chi connectivity index (χ0) is 13.8. The van der Waals surface area contributed by atoms with E-state index < -0.39 is 0 Å². The number of anilines is 4. The van der Waals surface area contributed by atoms with Crippen molar-refractivity contribution in [3.63, 3.8) is 0 Å². The van der Waals surface area contributed by atoms with Crippen LogP contribution in [-0.4, -0.2) is 28.0 Å². The van der Waals surface area contributed by atoms with Crippen molar-refractivity contribution in [1.82, 2.24) is 15.0 Å². The fourth-order valence-electron chi connectivity index (χ4n) is 2.42. The number of nitrogen functional groups attached to an aromatic ring is 1. The van der Waals surface area contributed by atoms with Crippen LogP contribution in [0.4, 0.5) is 23.0 Å². The van der Waals surface area contributed by atoms with E-state index in [1.54, 1.807) is 18.7 Å². The average Bonchev–Trinajstić information content (AvgIpc) is 2.51. The summed E-state index contributed by atoms with van der Waals surface area (Å²) in [5.41, 5.74) is 7.73. The Morgan fingerprint density at radius 2 is 1.80 bits per heavy atom. The molecule has 6 nitrogen and oxygen atoms in total. The first kappa shape index (κ1) is 12.7. The minimum Gasteiger partial charge on any atom is -0.393 e. The summed E-state index contributed by atoms with van der Waals surface area (Å²) in [7, 11) is 0. The molecule has 2 aromatic rings. The lowest BCUT2D eigenvalue weighted by Crippen LogP contribution is -2.31. The van der Waals surface area contributed by atoms with E-state index in [0.717, 1.165) is 24.6 Å². The normalized spacial score (nSPS) is 15.1. The maximum Gasteiger partial charge on any atom is 0.159 e. The number of nitrogens with zero attached hydrogens (tertiary/aromatic N) is 4. The third-order valence-electron chi connectivity index (χ3n) is 3.46. The molecule has 3 heterocycles. The summed E-state index contributed by atoms with van der Waals surface area (Å²) in [4.78, 5) is 14.8. The molecule has 0 spiro atoms. The Balaban J connectivity index is 1.85. The minimum absolute atomic E-state index is 0.603. The second-order valence-electron chi connectivity index (χ2n) is 4.87. The maximum absolute atomic E-state index is 6.22. The van der Waals surface area contributed by atoms with Crippen LogP contribution >= 0.6 is 0 Å². The number of nitrogens with one attached hydrogen (secondary N) is 1. The number of pyridine rings is 1. The van der Waals surface area contributed by atoms with Gasteiger partial charge in [0.1, 0.15) is 12.0 Å². The zero-order valence-corrected chi connectivity index (χ0v) is 11.3. The number of hydrogen-bond donors (Lipinski definition) is 2. The summed E-state index contributed by atoms with van der Waals surface area (Å²) >= 11 is 0. The summed E-state index contributed by atoms with van der Waals surface area (Å²) in [6.07, 6.45) is 8.68. The van der Waals surface area contributed by atoms with Crippen molar-refractivity contribution >= 4 is 23.0 Å². The van der Waals surface area contributed by atoms with Gasteiger partial charge in [-0.05, 0) is 31.4 Å². The quantitative estimate of drug-likeness (QED) is 0.890. The number of nitrogens with two attached hydrogens (primary N) is 1. The fraction of sp³-hybridized carbons (Fsp3) is 0.357. The number of aromatic nitrogens is 3. The van der Waals surface area contributed by atoms with Crippen LogP contribution < -0.4 is 16.0 Å².